The van der Waals surface area contributed by atoms with Gasteiger partial charge in [-0.25, -0.2) is 0 Å². The van der Waals surface area contributed by atoms with E-state index < -0.39 is 9.85 Å². The Morgan fingerprint density at radius 2 is 1.64 bits per heavy atom. The molecule has 0 spiro atoms. The van der Waals surface area contributed by atoms with Crippen molar-refractivity contribution in [3.63, 3.8) is 0 Å². The summed E-state index contributed by atoms with van der Waals surface area (Å²) < 4.78 is 1.57. The molecule has 10 heteroatoms. The van der Waals surface area contributed by atoms with Gasteiger partial charge in [-0.1, -0.05) is 12.1 Å². The summed E-state index contributed by atoms with van der Waals surface area (Å²) in [7, 11) is 1.74. The lowest BCUT2D eigenvalue weighted by atomic mass is 10.2. The monoisotopic (exact) mass is 340 g/mol. The lowest BCUT2D eigenvalue weighted by molar-refractivity contribution is -0.383. The Labute approximate surface area is 140 Å². The highest BCUT2D eigenvalue weighted by atomic mass is 16.6. The summed E-state index contributed by atoms with van der Waals surface area (Å²) in [5.74, 6) is 0. The van der Waals surface area contributed by atoms with Crippen LogP contribution in [0.3, 0.4) is 0 Å². The number of aromatic amines is 1. The van der Waals surface area contributed by atoms with Gasteiger partial charge in [0.2, 0.25) is 0 Å². The Morgan fingerprint density at radius 3 is 2.32 bits per heavy atom. The topological polar surface area (TPSA) is 133 Å². The Bertz CT molecular complexity index is 1080. The largest absolute Gasteiger partial charge is 0.280 e. The van der Waals surface area contributed by atoms with E-state index in [4.69, 9.17) is 0 Å². The van der Waals surface area contributed by atoms with Crippen LogP contribution in [0.4, 0.5) is 11.4 Å². The number of nitro benzene ring substituents is 2. The quantitative estimate of drug-likeness (QED) is 0.440. The Balaban J connectivity index is 0.000000146. The van der Waals surface area contributed by atoms with E-state index in [1.165, 1.54) is 18.3 Å². The number of fused-ring (bicyclic) bond motifs is 2. The molecule has 4 rings (SSSR count). The van der Waals surface area contributed by atoms with E-state index in [1.54, 1.807) is 42.2 Å². The molecular formula is C15H12N6O4. The summed E-state index contributed by atoms with van der Waals surface area (Å²) in [6.45, 7) is 0. The number of H-pyrrole nitrogens is 1. The number of nitrogens with one attached hydrogen (secondary N) is 1. The summed E-state index contributed by atoms with van der Waals surface area (Å²) in [5.41, 5.74) is 1.52. The first-order valence-electron chi connectivity index (χ1n) is 7.10. The van der Waals surface area contributed by atoms with Crippen LogP contribution in [0.15, 0.2) is 48.8 Å². The van der Waals surface area contributed by atoms with Crippen LogP contribution < -0.4 is 0 Å². The standard InChI is InChI=1S/C8H7N3O2.C7H5N3O2/c1-10-5-6-7(9-10)3-2-4-8(6)11(12)13;11-10(12)7-3-1-2-6-5(7)4-8-9-6/h2-5H,1H3;1-4H,(H,8,9). The van der Waals surface area contributed by atoms with Crippen molar-refractivity contribution in [3.05, 3.63) is 69.0 Å². The predicted molar refractivity (Wildman–Crippen MR) is 90.1 cm³/mol. The van der Waals surface area contributed by atoms with Crippen LogP contribution in [0.25, 0.3) is 21.8 Å². The molecule has 0 unspecified atom stereocenters. The molecular weight excluding hydrogens is 328 g/mol. The summed E-state index contributed by atoms with van der Waals surface area (Å²) in [6, 6.07) is 9.69. The number of rotatable bonds is 2. The van der Waals surface area contributed by atoms with Crippen molar-refractivity contribution >= 4 is 33.2 Å². The van der Waals surface area contributed by atoms with Gasteiger partial charge in [0.05, 0.1) is 37.8 Å². The zero-order chi connectivity index (χ0) is 18.0. The molecule has 0 saturated heterocycles. The second-order valence-corrected chi connectivity index (χ2v) is 5.14. The van der Waals surface area contributed by atoms with Gasteiger partial charge in [-0.05, 0) is 12.1 Å². The molecule has 0 saturated carbocycles. The van der Waals surface area contributed by atoms with E-state index >= 15 is 0 Å². The minimum Gasteiger partial charge on any atom is -0.278 e. The van der Waals surface area contributed by atoms with Crippen LogP contribution in [0.5, 0.6) is 0 Å². The molecule has 126 valence electrons. The molecule has 0 aliphatic rings. The number of benzene rings is 2. The zero-order valence-corrected chi connectivity index (χ0v) is 13.0. The highest BCUT2D eigenvalue weighted by Crippen LogP contribution is 2.23. The normalized spacial score (nSPS) is 10.4. The van der Waals surface area contributed by atoms with Crippen LogP contribution in [-0.4, -0.2) is 29.8 Å². The number of nitro groups is 2. The first kappa shape index (κ1) is 16.1. The Morgan fingerprint density at radius 1 is 1.00 bits per heavy atom. The van der Waals surface area contributed by atoms with Crippen LogP contribution >= 0.6 is 0 Å². The molecule has 0 bridgehead atoms. The van der Waals surface area contributed by atoms with Gasteiger partial charge in [0.25, 0.3) is 11.4 Å². The van der Waals surface area contributed by atoms with Crippen molar-refractivity contribution in [1.82, 2.24) is 20.0 Å². The highest BCUT2D eigenvalue weighted by molar-refractivity contribution is 5.87. The lowest BCUT2D eigenvalue weighted by Gasteiger charge is -1.90. The maximum Gasteiger partial charge on any atom is 0.280 e. The van der Waals surface area contributed by atoms with Gasteiger partial charge in [0.15, 0.2) is 0 Å². The summed E-state index contributed by atoms with van der Waals surface area (Å²) in [4.78, 5) is 20.3. The molecule has 2 heterocycles. The smallest absolute Gasteiger partial charge is 0.278 e. The molecule has 0 radical (unpaired) electrons. The first-order valence-corrected chi connectivity index (χ1v) is 7.10. The average molecular weight is 340 g/mol. The van der Waals surface area contributed by atoms with Crippen LogP contribution in [0.2, 0.25) is 0 Å². The molecule has 2 aromatic heterocycles. The molecule has 2 aromatic carbocycles. The molecule has 0 fully saturated rings. The van der Waals surface area contributed by atoms with E-state index in [0.717, 1.165) is 0 Å². The Hall–Kier alpha value is -3.82. The molecule has 0 amide bonds. The van der Waals surface area contributed by atoms with E-state index in [1.807, 2.05) is 0 Å². The fraction of sp³-hybridized carbons (Fsp3) is 0.0667. The minimum atomic E-state index is -0.419. The van der Waals surface area contributed by atoms with E-state index in [9.17, 15) is 20.2 Å². The third kappa shape index (κ3) is 3.13. The van der Waals surface area contributed by atoms with Crippen molar-refractivity contribution in [2.45, 2.75) is 0 Å². The molecule has 25 heavy (non-hydrogen) atoms. The van der Waals surface area contributed by atoms with E-state index in [2.05, 4.69) is 15.3 Å². The van der Waals surface area contributed by atoms with Crippen molar-refractivity contribution in [1.29, 1.82) is 0 Å². The van der Waals surface area contributed by atoms with Gasteiger partial charge in [-0.3, -0.25) is 30.0 Å². The molecule has 0 atom stereocenters. The average Bonchev–Trinajstić information content (AvgIpc) is 3.19. The maximum atomic E-state index is 10.6. The van der Waals surface area contributed by atoms with Crippen molar-refractivity contribution in [3.8, 4) is 0 Å². The SMILES string of the molecule is Cn1cc2c([N+](=O)[O-])cccc2n1.O=[N+]([O-])c1cccc2[nH]ncc12. The summed E-state index contributed by atoms with van der Waals surface area (Å²) >= 11 is 0. The maximum absolute atomic E-state index is 10.6. The van der Waals surface area contributed by atoms with Crippen molar-refractivity contribution in [2.24, 2.45) is 7.05 Å². The van der Waals surface area contributed by atoms with Gasteiger partial charge in [0, 0.05) is 25.4 Å². The number of non-ortho nitro benzene ring substituents is 2. The van der Waals surface area contributed by atoms with Gasteiger partial charge in [-0.2, -0.15) is 10.2 Å². The predicted octanol–water partition coefficient (Wildman–Crippen LogP) is 2.95. The van der Waals surface area contributed by atoms with Crippen LogP contribution in [0, 0.1) is 20.2 Å². The third-order valence-electron chi connectivity index (χ3n) is 3.50. The number of nitrogens with zero attached hydrogens (tertiary/aromatic N) is 5. The second-order valence-electron chi connectivity index (χ2n) is 5.14. The number of hydrogen-bond acceptors (Lipinski definition) is 6. The molecule has 4 aromatic rings. The molecule has 1 N–H and O–H groups in total. The number of hydrogen-bond donors (Lipinski definition) is 1. The third-order valence-corrected chi connectivity index (χ3v) is 3.50. The van der Waals surface area contributed by atoms with Gasteiger partial charge in [0.1, 0.15) is 0 Å². The zero-order valence-electron chi connectivity index (χ0n) is 13.0. The highest BCUT2D eigenvalue weighted by Gasteiger charge is 2.13. The second kappa shape index (κ2) is 6.35. The fourth-order valence-corrected chi connectivity index (χ4v) is 2.42. The number of aryl methyl sites for hydroxylation is 1. The van der Waals surface area contributed by atoms with Crippen LogP contribution in [-0.2, 0) is 7.05 Å². The summed E-state index contributed by atoms with van der Waals surface area (Å²) in [6.07, 6.45) is 3.10. The van der Waals surface area contributed by atoms with Gasteiger partial charge >= 0.3 is 0 Å². The van der Waals surface area contributed by atoms with Gasteiger partial charge in [-0.15, -0.1) is 0 Å². The van der Waals surface area contributed by atoms with E-state index in [-0.39, 0.29) is 11.4 Å². The molecule has 0 aliphatic carbocycles. The minimum absolute atomic E-state index is 0.0845. The van der Waals surface area contributed by atoms with Crippen LogP contribution in [0.1, 0.15) is 0 Å². The lowest BCUT2D eigenvalue weighted by Crippen LogP contribution is -1.87. The molecule has 10 nitrogen and oxygen atoms in total. The van der Waals surface area contributed by atoms with Crippen molar-refractivity contribution in [2.75, 3.05) is 0 Å². The Kier molecular flexibility index (Phi) is 4.08. The fourth-order valence-electron chi connectivity index (χ4n) is 2.42. The van der Waals surface area contributed by atoms with E-state index in [0.29, 0.717) is 21.8 Å². The number of aromatic nitrogens is 4. The van der Waals surface area contributed by atoms with Crippen molar-refractivity contribution < 1.29 is 9.85 Å². The first-order chi connectivity index (χ1) is 12.0. The summed E-state index contributed by atoms with van der Waals surface area (Å²) in [5, 5.41) is 32.6. The molecule has 0 aliphatic heterocycles. The van der Waals surface area contributed by atoms with Gasteiger partial charge < -0.3 is 0 Å².